The van der Waals surface area contributed by atoms with Crippen molar-refractivity contribution in [3.63, 3.8) is 0 Å². The summed E-state index contributed by atoms with van der Waals surface area (Å²) in [7, 11) is 0. The van der Waals surface area contributed by atoms with Gasteiger partial charge < -0.3 is 15.7 Å². The lowest BCUT2D eigenvalue weighted by Gasteiger charge is -2.37. The molecular formula is C27H33N3O5. The molecule has 0 spiro atoms. The summed E-state index contributed by atoms with van der Waals surface area (Å²) in [6.07, 6.45) is 7.69. The van der Waals surface area contributed by atoms with Crippen LogP contribution in [0, 0.1) is 22.0 Å². The number of hydrogen-bond donors (Lipinski definition) is 2. The number of rotatable bonds is 8. The van der Waals surface area contributed by atoms with E-state index in [2.05, 4.69) is 0 Å². The molecule has 1 fully saturated rings. The quantitative estimate of drug-likeness (QED) is 0.412. The van der Waals surface area contributed by atoms with Gasteiger partial charge in [0.2, 0.25) is 5.91 Å². The van der Waals surface area contributed by atoms with Crippen LogP contribution in [0.2, 0.25) is 0 Å². The molecule has 1 aliphatic carbocycles. The molecule has 0 bridgehead atoms. The first-order chi connectivity index (χ1) is 16.8. The van der Waals surface area contributed by atoms with Crippen molar-refractivity contribution in [1.82, 2.24) is 0 Å². The normalized spacial score (nSPS) is 21.7. The Kier molecular flexibility index (Phi) is 7.50. The average molecular weight is 480 g/mol. The summed E-state index contributed by atoms with van der Waals surface area (Å²) in [4.78, 5) is 38.6. The maximum absolute atomic E-state index is 14.0. The fourth-order valence-corrected chi connectivity index (χ4v) is 5.66. The Bertz CT molecular complexity index is 1080. The van der Waals surface area contributed by atoms with Gasteiger partial charge >= 0.3 is 5.97 Å². The number of hydrogen-bond acceptors (Lipinski definition) is 5. The SMILES string of the molecule is NC1([C@H](CCC2CCCCC2)C(=O)O)CCc2ccccc2N(Cc2ccc([N+](=O)[O-])cc2)C1=O. The van der Waals surface area contributed by atoms with Crippen molar-refractivity contribution < 1.29 is 19.6 Å². The van der Waals surface area contributed by atoms with Crippen LogP contribution < -0.4 is 10.6 Å². The number of carbonyl (C=O) groups is 2. The standard InChI is InChI=1S/C27H33N3O5/c28-27(23(25(31)32)15-12-19-6-2-1-3-7-19)17-16-21-8-4-5-9-24(21)29(26(27)33)18-20-10-13-22(14-11-20)30(34)35/h4-5,8-11,13-14,19,23H,1-3,6-7,12,15-18,28H2,(H,31,32)/t23-,27?/m1/s1. The molecule has 0 radical (unpaired) electrons. The monoisotopic (exact) mass is 479 g/mol. The molecule has 2 aromatic rings. The molecule has 1 aliphatic heterocycles. The summed E-state index contributed by atoms with van der Waals surface area (Å²) in [5.41, 5.74) is 7.57. The molecule has 2 atom stereocenters. The van der Waals surface area contributed by atoms with E-state index in [1.165, 1.54) is 31.4 Å². The summed E-state index contributed by atoms with van der Waals surface area (Å²) in [6, 6.07) is 13.6. The molecule has 1 saturated carbocycles. The fourth-order valence-electron chi connectivity index (χ4n) is 5.66. The second kappa shape index (κ2) is 10.6. The molecule has 1 unspecified atom stereocenters. The second-order valence-corrected chi connectivity index (χ2v) is 9.96. The Morgan fingerprint density at radius 1 is 1.14 bits per heavy atom. The largest absolute Gasteiger partial charge is 0.481 e. The van der Waals surface area contributed by atoms with E-state index in [0.717, 1.165) is 24.8 Å². The van der Waals surface area contributed by atoms with Crippen molar-refractivity contribution in [3.8, 4) is 0 Å². The van der Waals surface area contributed by atoms with Crippen molar-refractivity contribution >= 4 is 23.3 Å². The van der Waals surface area contributed by atoms with Gasteiger partial charge in [-0.15, -0.1) is 0 Å². The first-order valence-corrected chi connectivity index (χ1v) is 12.4. The van der Waals surface area contributed by atoms with Crippen molar-refractivity contribution in [2.45, 2.75) is 69.9 Å². The minimum atomic E-state index is -1.54. The summed E-state index contributed by atoms with van der Waals surface area (Å²) < 4.78 is 0. The molecule has 35 heavy (non-hydrogen) atoms. The number of carboxylic acids is 1. The van der Waals surface area contributed by atoms with E-state index < -0.39 is 28.3 Å². The number of nitro groups is 1. The molecule has 3 N–H and O–H groups in total. The lowest BCUT2D eigenvalue weighted by molar-refractivity contribution is -0.384. The maximum Gasteiger partial charge on any atom is 0.308 e. The highest BCUT2D eigenvalue weighted by Gasteiger charge is 2.49. The van der Waals surface area contributed by atoms with E-state index in [4.69, 9.17) is 5.73 Å². The molecule has 1 amide bonds. The third-order valence-corrected chi connectivity index (χ3v) is 7.73. The number of aliphatic carboxylic acids is 1. The maximum atomic E-state index is 14.0. The van der Waals surface area contributed by atoms with Gasteiger partial charge in [0.25, 0.3) is 5.69 Å². The number of fused-ring (bicyclic) bond motifs is 1. The fraction of sp³-hybridized carbons (Fsp3) is 0.481. The number of carboxylic acid groups (broad SMARTS) is 1. The number of carbonyl (C=O) groups excluding carboxylic acids is 1. The van der Waals surface area contributed by atoms with Crippen LogP contribution in [0.15, 0.2) is 48.5 Å². The van der Waals surface area contributed by atoms with E-state index in [1.54, 1.807) is 17.0 Å². The Morgan fingerprint density at radius 3 is 2.49 bits per heavy atom. The Morgan fingerprint density at radius 2 is 1.83 bits per heavy atom. The zero-order valence-corrected chi connectivity index (χ0v) is 19.9. The molecular weight excluding hydrogens is 446 g/mol. The summed E-state index contributed by atoms with van der Waals surface area (Å²) >= 11 is 0. The molecule has 2 aliphatic rings. The molecule has 8 heteroatoms. The van der Waals surface area contributed by atoms with Gasteiger partial charge in [0, 0.05) is 17.8 Å². The van der Waals surface area contributed by atoms with Gasteiger partial charge in [0.15, 0.2) is 0 Å². The zero-order valence-electron chi connectivity index (χ0n) is 19.9. The topological polar surface area (TPSA) is 127 Å². The third-order valence-electron chi connectivity index (χ3n) is 7.73. The highest BCUT2D eigenvalue weighted by molar-refractivity contribution is 6.03. The Hall–Kier alpha value is -3.26. The second-order valence-electron chi connectivity index (χ2n) is 9.96. The number of anilines is 1. The first kappa shape index (κ1) is 24.9. The highest BCUT2D eigenvalue weighted by Crippen LogP contribution is 2.38. The molecule has 1 heterocycles. The van der Waals surface area contributed by atoms with E-state index >= 15 is 0 Å². The molecule has 8 nitrogen and oxygen atoms in total. The minimum absolute atomic E-state index is 0.0295. The predicted octanol–water partition coefficient (Wildman–Crippen LogP) is 4.83. The van der Waals surface area contributed by atoms with E-state index in [9.17, 15) is 24.8 Å². The molecule has 0 aromatic heterocycles. The summed E-state index contributed by atoms with van der Waals surface area (Å²) in [6.45, 7) is 0.155. The van der Waals surface area contributed by atoms with Crippen LogP contribution >= 0.6 is 0 Å². The van der Waals surface area contributed by atoms with E-state index in [-0.39, 0.29) is 18.7 Å². The summed E-state index contributed by atoms with van der Waals surface area (Å²) in [5.74, 6) is -1.93. The van der Waals surface area contributed by atoms with Crippen LogP contribution in [0.5, 0.6) is 0 Å². The zero-order chi connectivity index (χ0) is 25.0. The van der Waals surface area contributed by atoms with Gasteiger partial charge in [-0.25, -0.2) is 0 Å². The first-order valence-electron chi connectivity index (χ1n) is 12.4. The van der Waals surface area contributed by atoms with Gasteiger partial charge in [-0.3, -0.25) is 19.7 Å². The number of para-hydroxylation sites is 1. The Labute approximate surface area is 205 Å². The van der Waals surface area contributed by atoms with Crippen LogP contribution in [0.4, 0.5) is 11.4 Å². The van der Waals surface area contributed by atoms with E-state index in [0.29, 0.717) is 30.0 Å². The van der Waals surface area contributed by atoms with Crippen LogP contribution in [-0.2, 0) is 22.6 Å². The van der Waals surface area contributed by atoms with Crippen LogP contribution in [0.1, 0.15) is 62.5 Å². The van der Waals surface area contributed by atoms with Crippen LogP contribution in [0.3, 0.4) is 0 Å². The smallest absolute Gasteiger partial charge is 0.308 e. The van der Waals surface area contributed by atoms with Crippen LogP contribution in [-0.4, -0.2) is 27.4 Å². The number of non-ortho nitro benzene ring substituents is 1. The third kappa shape index (κ3) is 5.37. The molecule has 4 rings (SSSR count). The summed E-state index contributed by atoms with van der Waals surface area (Å²) in [5, 5.41) is 21.2. The highest BCUT2D eigenvalue weighted by atomic mass is 16.6. The van der Waals surface area contributed by atoms with Crippen molar-refractivity contribution in [1.29, 1.82) is 0 Å². The molecule has 2 aromatic carbocycles. The van der Waals surface area contributed by atoms with Gasteiger partial charge in [-0.05, 0) is 48.8 Å². The van der Waals surface area contributed by atoms with Gasteiger partial charge in [0.05, 0.1) is 17.4 Å². The van der Waals surface area contributed by atoms with Gasteiger partial charge in [0.1, 0.15) is 5.54 Å². The van der Waals surface area contributed by atoms with Gasteiger partial charge in [-0.2, -0.15) is 0 Å². The molecule has 186 valence electrons. The van der Waals surface area contributed by atoms with Crippen molar-refractivity contribution in [3.05, 3.63) is 69.8 Å². The number of nitrogens with zero attached hydrogens (tertiary/aromatic N) is 2. The lowest BCUT2D eigenvalue weighted by Crippen LogP contribution is -2.61. The number of nitrogens with two attached hydrogens (primary N) is 1. The van der Waals surface area contributed by atoms with Crippen molar-refractivity contribution in [2.24, 2.45) is 17.6 Å². The van der Waals surface area contributed by atoms with Crippen LogP contribution in [0.25, 0.3) is 0 Å². The number of nitro benzene ring substituents is 1. The minimum Gasteiger partial charge on any atom is -0.481 e. The van der Waals surface area contributed by atoms with Gasteiger partial charge in [-0.1, -0.05) is 62.4 Å². The molecule has 0 saturated heterocycles. The predicted molar refractivity (Wildman–Crippen MR) is 133 cm³/mol. The number of aryl methyl sites for hydroxylation is 1. The lowest BCUT2D eigenvalue weighted by atomic mass is 9.75. The number of benzene rings is 2. The number of amides is 1. The average Bonchev–Trinajstić information content (AvgIpc) is 2.96. The van der Waals surface area contributed by atoms with E-state index in [1.807, 2.05) is 24.3 Å². The van der Waals surface area contributed by atoms with Crippen molar-refractivity contribution in [2.75, 3.05) is 4.90 Å². The Balaban J connectivity index is 1.64.